The normalized spacial score (nSPS) is 25.9. The average Bonchev–Trinajstić information content (AvgIpc) is 2.18. The highest BCUT2D eigenvalue weighted by atomic mass is 19.1. The van der Waals surface area contributed by atoms with E-state index in [-0.39, 0.29) is 5.82 Å². The second-order valence-corrected chi connectivity index (χ2v) is 4.29. The monoisotopic (exact) mass is 193 g/mol. The van der Waals surface area contributed by atoms with Crippen LogP contribution in [-0.2, 0) is 6.42 Å². The van der Waals surface area contributed by atoms with Crippen LogP contribution in [0.3, 0.4) is 0 Å². The summed E-state index contributed by atoms with van der Waals surface area (Å²) in [5, 5.41) is 0. The highest BCUT2D eigenvalue weighted by molar-refractivity contribution is 5.34. The van der Waals surface area contributed by atoms with Gasteiger partial charge in [-0.1, -0.05) is 19.1 Å². The smallest absolute Gasteiger partial charge is 0.126 e. The molecule has 2 atom stereocenters. The highest BCUT2D eigenvalue weighted by Crippen LogP contribution is 2.35. The first-order valence-corrected chi connectivity index (χ1v) is 5.19. The van der Waals surface area contributed by atoms with E-state index in [2.05, 4.69) is 6.92 Å². The lowest BCUT2D eigenvalue weighted by Crippen LogP contribution is -2.23. The van der Waals surface area contributed by atoms with Crippen LogP contribution in [0.1, 0.15) is 30.4 Å². The van der Waals surface area contributed by atoms with Gasteiger partial charge in [-0.25, -0.2) is 4.39 Å². The van der Waals surface area contributed by atoms with Crippen molar-refractivity contribution in [1.82, 2.24) is 0 Å². The molecule has 2 N–H and O–H groups in total. The predicted molar refractivity (Wildman–Crippen MR) is 55.7 cm³/mol. The van der Waals surface area contributed by atoms with Crippen molar-refractivity contribution in [3.8, 4) is 0 Å². The van der Waals surface area contributed by atoms with Crippen LogP contribution in [0.4, 0.5) is 4.39 Å². The molecule has 0 saturated heterocycles. The molecule has 0 heterocycles. The second-order valence-electron chi connectivity index (χ2n) is 4.29. The van der Waals surface area contributed by atoms with E-state index >= 15 is 0 Å². The molecule has 0 radical (unpaired) electrons. The van der Waals surface area contributed by atoms with Crippen molar-refractivity contribution in [2.45, 2.75) is 25.7 Å². The SMILES string of the molecule is CC1Cc2c(F)cccc2C(CN)C1. The summed E-state index contributed by atoms with van der Waals surface area (Å²) in [6.45, 7) is 2.79. The zero-order chi connectivity index (χ0) is 10.1. The number of nitrogens with two attached hydrogens (primary N) is 1. The van der Waals surface area contributed by atoms with Crippen LogP contribution in [0.5, 0.6) is 0 Å². The Kier molecular flexibility index (Phi) is 2.55. The van der Waals surface area contributed by atoms with Gasteiger partial charge in [-0.2, -0.15) is 0 Å². The molecule has 0 saturated carbocycles. The molecule has 1 aromatic carbocycles. The minimum absolute atomic E-state index is 0.0625. The molecule has 1 aliphatic carbocycles. The van der Waals surface area contributed by atoms with Crippen molar-refractivity contribution in [3.63, 3.8) is 0 Å². The minimum atomic E-state index is -0.0625. The molecule has 1 aromatic rings. The standard InChI is InChI=1S/C12H16FN/c1-8-5-9(7-14)10-3-2-4-12(13)11(10)6-8/h2-4,8-9H,5-7,14H2,1H3. The summed E-state index contributed by atoms with van der Waals surface area (Å²) in [5.74, 6) is 0.838. The molecule has 1 nitrogen and oxygen atoms in total. The molecule has 14 heavy (non-hydrogen) atoms. The Morgan fingerprint density at radius 1 is 1.50 bits per heavy atom. The number of rotatable bonds is 1. The fourth-order valence-corrected chi connectivity index (χ4v) is 2.44. The van der Waals surface area contributed by atoms with Gasteiger partial charge in [0.05, 0.1) is 0 Å². The predicted octanol–water partition coefficient (Wildman–Crippen LogP) is 2.45. The minimum Gasteiger partial charge on any atom is -0.330 e. The number of halogens is 1. The van der Waals surface area contributed by atoms with Gasteiger partial charge in [0.2, 0.25) is 0 Å². The van der Waals surface area contributed by atoms with Crippen LogP contribution in [0.15, 0.2) is 18.2 Å². The number of hydrogen-bond acceptors (Lipinski definition) is 1. The van der Waals surface area contributed by atoms with Crippen molar-refractivity contribution in [1.29, 1.82) is 0 Å². The molecule has 76 valence electrons. The first-order valence-electron chi connectivity index (χ1n) is 5.19. The Labute approximate surface area is 84.1 Å². The fourth-order valence-electron chi connectivity index (χ4n) is 2.44. The number of hydrogen-bond donors (Lipinski definition) is 1. The summed E-state index contributed by atoms with van der Waals surface area (Å²) in [6, 6.07) is 5.35. The molecule has 2 unspecified atom stereocenters. The third-order valence-corrected chi connectivity index (χ3v) is 3.12. The first kappa shape index (κ1) is 9.66. The Hall–Kier alpha value is -0.890. The van der Waals surface area contributed by atoms with Gasteiger partial charge in [0.15, 0.2) is 0 Å². The largest absolute Gasteiger partial charge is 0.330 e. The van der Waals surface area contributed by atoms with Gasteiger partial charge in [0.1, 0.15) is 5.82 Å². The fraction of sp³-hybridized carbons (Fsp3) is 0.500. The summed E-state index contributed by atoms with van der Waals surface area (Å²) in [5.41, 5.74) is 7.73. The molecule has 2 rings (SSSR count). The lowest BCUT2D eigenvalue weighted by atomic mass is 9.77. The van der Waals surface area contributed by atoms with Gasteiger partial charge >= 0.3 is 0 Å². The zero-order valence-electron chi connectivity index (χ0n) is 8.46. The average molecular weight is 193 g/mol. The molecule has 0 fully saturated rings. The molecular formula is C12H16FN. The van der Waals surface area contributed by atoms with E-state index in [0.29, 0.717) is 18.4 Å². The van der Waals surface area contributed by atoms with Crippen molar-refractivity contribution >= 4 is 0 Å². The van der Waals surface area contributed by atoms with Crippen LogP contribution < -0.4 is 5.73 Å². The molecule has 0 amide bonds. The first-order chi connectivity index (χ1) is 6.72. The maximum absolute atomic E-state index is 13.5. The van der Waals surface area contributed by atoms with Crippen LogP contribution >= 0.6 is 0 Å². The maximum atomic E-state index is 13.5. The van der Waals surface area contributed by atoms with Gasteiger partial charge in [0, 0.05) is 0 Å². The van der Waals surface area contributed by atoms with E-state index in [4.69, 9.17) is 5.73 Å². The Bertz CT molecular complexity index is 335. The topological polar surface area (TPSA) is 26.0 Å². The third-order valence-electron chi connectivity index (χ3n) is 3.12. The Morgan fingerprint density at radius 2 is 2.29 bits per heavy atom. The molecule has 0 bridgehead atoms. The summed E-state index contributed by atoms with van der Waals surface area (Å²) >= 11 is 0. The zero-order valence-corrected chi connectivity index (χ0v) is 8.46. The molecule has 1 aliphatic rings. The van der Waals surface area contributed by atoms with Gasteiger partial charge in [0.25, 0.3) is 0 Å². The van der Waals surface area contributed by atoms with Crippen molar-refractivity contribution in [3.05, 3.63) is 35.1 Å². The van der Waals surface area contributed by atoms with Crippen LogP contribution in [-0.4, -0.2) is 6.54 Å². The van der Waals surface area contributed by atoms with Crippen LogP contribution in [0.25, 0.3) is 0 Å². The summed E-state index contributed by atoms with van der Waals surface area (Å²) in [7, 11) is 0. The van der Waals surface area contributed by atoms with Crippen molar-refractivity contribution in [2.24, 2.45) is 11.7 Å². The highest BCUT2D eigenvalue weighted by Gasteiger charge is 2.25. The van der Waals surface area contributed by atoms with E-state index in [9.17, 15) is 4.39 Å². The molecule has 0 spiro atoms. The molecular weight excluding hydrogens is 177 g/mol. The van der Waals surface area contributed by atoms with E-state index < -0.39 is 0 Å². The number of benzene rings is 1. The lowest BCUT2D eigenvalue weighted by molar-refractivity contribution is 0.422. The van der Waals surface area contributed by atoms with E-state index in [0.717, 1.165) is 24.0 Å². The molecule has 0 aliphatic heterocycles. The van der Waals surface area contributed by atoms with Gasteiger partial charge in [-0.15, -0.1) is 0 Å². The van der Waals surface area contributed by atoms with E-state index in [1.807, 2.05) is 6.07 Å². The summed E-state index contributed by atoms with van der Waals surface area (Å²) in [4.78, 5) is 0. The van der Waals surface area contributed by atoms with Crippen LogP contribution in [0.2, 0.25) is 0 Å². The number of fused-ring (bicyclic) bond motifs is 1. The maximum Gasteiger partial charge on any atom is 0.126 e. The van der Waals surface area contributed by atoms with Crippen molar-refractivity contribution in [2.75, 3.05) is 6.54 Å². The summed E-state index contributed by atoms with van der Waals surface area (Å²) < 4.78 is 13.5. The van der Waals surface area contributed by atoms with Gasteiger partial charge in [-0.3, -0.25) is 0 Å². The third kappa shape index (κ3) is 1.55. The second kappa shape index (κ2) is 3.70. The van der Waals surface area contributed by atoms with E-state index in [1.165, 1.54) is 0 Å². The van der Waals surface area contributed by atoms with Gasteiger partial charge < -0.3 is 5.73 Å². The quantitative estimate of drug-likeness (QED) is 0.728. The molecule has 0 aromatic heterocycles. The van der Waals surface area contributed by atoms with Crippen LogP contribution in [0, 0.1) is 11.7 Å². The Morgan fingerprint density at radius 3 is 3.00 bits per heavy atom. The van der Waals surface area contributed by atoms with Crippen molar-refractivity contribution < 1.29 is 4.39 Å². The lowest BCUT2D eigenvalue weighted by Gasteiger charge is -2.29. The Balaban J connectivity index is 2.45. The summed E-state index contributed by atoms with van der Waals surface area (Å²) in [6.07, 6.45) is 1.95. The van der Waals surface area contributed by atoms with Gasteiger partial charge in [-0.05, 0) is 48.4 Å². The molecule has 2 heteroatoms. The van der Waals surface area contributed by atoms with E-state index in [1.54, 1.807) is 12.1 Å².